The van der Waals surface area contributed by atoms with Crippen LogP contribution in [0, 0.1) is 0 Å². The SMILES string of the molecule is COc1cc(OS(=O)[O-])cc(-c2cc3cnc(SC)nc3n(C(C)C)c2=O)c1. The lowest BCUT2D eigenvalue weighted by Gasteiger charge is -2.16. The molecule has 148 valence electrons. The summed E-state index contributed by atoms with van der Waals surface area (Å²) in [7, 11) is 1.45. The topological polar surface area (TPSA) is 106 Å². The van der Waals surface area contributed by atoms with E-state index in [1.807, 2.05) is 20.1 Å². The molecule has 0 aliphatic carbocycles. The lowest BCUT2D eigenvalue weighted by Crippen LogP contribution is -2.24. The monoisotopic (exact) mass is 420 g/mol. The molecule has 2 aromatic heterocycles. The summed E-state index contributed by atoms with van der Waals surface area (Å²) in [6.07, 6.45) is 3.53. The second-order valence-electron chi connectivity index (χ2n) is 6.15. The molecule has 0 fully saturated rings. The predicted molar refractivity (Wildman–Crippen MR) is 107 cm³/mol. The summed E-state index contributed by atoms with van der Waals surface area (Å²) in [5.41, 5.74) is 1.12. The Labute approximate surface area is 168 Å². The Bertz CT molecular complexity index is 1110. The first-order valence-corrected chi connectivity index (χ1v) is 10.5. The van der Waals surface area contributed by atoms with E-state index in [-0.39, 0.29) is 17.4 Å². The minimum absolute atomic E-state index is 0.0484. The van der Waals surface area contributed by atoms with Crippen LogP contribution >= 0.6 is 11.8 Å². The summed E-state index contributed by atoms with van der Waals surface area (Å²) in [5, 5.41) is 1.27. The van der Waals surface area contributed by atoms with E-state index in [0.717, 1.165) is 0 Å². The number of hydrogen-bond acceptors (Lipinski definition) is 8. The Morgan fingerprint density at radius 2 is 1.93 bits per heavy atom. The van der Waals surface area contributed by atoms with Gasteiger partial charge in [0.15, 0.2) is 5.16 Å². The summed E-state index contributed by atoms with van der Waals surface area (Å²) in [4.78, 5) is 22.0. The van der Waals surface area contributed by atoms with Crippen molar-refractivity contribution in [2.24, 2.45) is 0 Å². The van der Waals surface area contributed by atoms with E-state index in [4.69, 9.17) is 8.92 Å². The van der Waals surface area contributed by atoms with Gasteiger partial charge in [-0.05, 0) is 43.9 Å². The highest BCUT2D eigenvalue weighted by atomic mass is 32.2. The molecule has 10 heteroatoms. The first-order chi connectivity index (χ1) is 13.3. The van der Waals surface area contributed by atoms with Gasteiger partial charge >= 0.3 is 0 Å². The van der Waals surface area contributed by atoms with E-state index in [1.165, 1.54) is 31.0 Å². The van der Waals surface area contributed by atoms with Crippen molar-refractivity contribution in [3.05, 3.63) is 40.8 Å². The van der Waals surface area contributed by atoms with E-state index in [0.29, 0.717) is 33.1 Å². The van der Waals surface area contributed by atoms with Gasteiger partial charge in [0.2, 0.25) is 0 Å². The minimum atomic E-state index is -2.75. The summed E-state index contributed by atoms with van der Waals surface area (Å²) in [6.45, 7) is 3.79. The van der Waals surface area contributed by atoms with Gasteiger partial charge in [-0.25, -0.2) is 14.2 Å². The van der Waals surface area contributed by atoms with Gasteiger partial charge < -0.3 is 13.5 Å². The molecule has 0 aliphatic rings. The molecule has 0 spiro atoms. The highest BCUT2D eigenvalue weighted by Crippen LogP contribution is 2.30. The van der Waals surface area contributed by atoms with Crippen LogP contribution in [-0.4, -0.2) is 36.7 Å². The number of methoxy groups -OCH3 is 1. The van der Waals surface area contributed by atoms with Crippen LogP contribution in [0.2, 0.25) is 0 Å². The zero-order valence-corrected chi connectivity index (χ0v) is 17.3. The second kappa shape index (κ2) is 8.29. The molecule has 0 bridgehead atoms. The van der Waals surface area contributed by atoms with Crippen LogP contribution in [0.1, 0.15) is 19.9 Å². The zero-order chi connectivity index (χ0) is 20.4. The molecule has 0 saturated heterocycles. The molecule has 0 N–H and O–H groups in total. The van der Waals surface area contributed by atoms with E-state index in [1.54, 1.807) is 22.9 Å². The van der Waals surface area contributed by atoms with Crippen LogP contribution in [0.4, 0.5) is 0 Å². The van der Waals surface area contributed by atoms with Crippen LogP contribution in [0.15, 0.2) is 40.4 Å². The van der Waals surface area contributed by atoms with Crippen LogP contribution < -0.4 is 14.5 Å². The normalized spacial score (nSPS) is 12.4. The van der Waals surface area contributed by atoms with Crippen molar-refractivity contribution in [2.45, 2.75) is 25.0 Å². The number of fused-ring (bicyclic) bond motifs is 1. The quantitative estimate of drug-likeness (QED) is 0.340. The Balaban J connectivity index is 2.30. The largest absolute Gasteiger partial charge is 0.740 e. The van der Waals surface area contributed by atoms with Crippen LogP contribution in [0.3, 0.4) is 0 Å². The molecule has 0 saturated carbocycles. The fourth-order valence-electron chi connectivity index (χ4n) is 2.86. The van der Waals surface area contributed by atoms with Gasteiger partial charge in [0.25, 0.3) is 5.56 Å². The van der Waals surface area contributed by atoms with Gasteiger partial charge in [0, 0.05) is 29.3 Å². The molecular weight excluding hydrogens is 402 g/mol. The molecule has 1 aromatic carbocycles. The van der Waals surface area contributed by atoms with Crippen LogP contribution in [0.25, 0.3) is 22.2 Å². The number of rotatable bonds is 6. The van der Waals surface area contributed by atoms with E-state index >= 15 is 0 Å². The van der Waals surface area contributed by atoms with Gasteiger partial charge in [-0.2, -0.15) is 0 Å². The van der Waals surface area contributed by atoms with Crippen molar-refractivity contribution in [1.29, 1.82) is 0 Å². The number of nitrogens with zero attached hydrogens (tertiary/aromatic N) is 3. The molecule has 0 aliphatic heterocycles. The van der Waals surface area contributed by atoms with Crippen molar-refractivity contribution in [3.8, 4) is 22.6 Å². The standard InChI is InChI=1S/C18H19N3O5S2/c1-10(2)21-16-12(9-19-18(20-16)27-4)7-15(17(21)22)11-5-13(25-3)8-14(6-11)26-28(23)24/h5-10H,1-4H3,(H,23,24)/p-1. The summed E-state index contributed by atoms with van der Waals surface area (Å²) in [5.74, 6) is 0.412. The average molecular weight is 420 g/mol. The van der Waals surface area contributed by atoms with Gasteiger partial charge in [0.05, 0.1) is 7.11 Å². The maximum Gasteiger partial charge on any atom is 0.260 e. The van der Waals surface area contributed by atoms with E-state index < -0.39 is 11.4 Å². The van der Waals surface area contributed by atoms with Crippen molar-refractivity contribution in [2.75, 3.05) is 13.4 Å². The lowest BCUT2D eigenvalue weighted by atomic mass is 10.0. The average Bonchev–Trinajstić information content (AvgIpc) is 2.65. The first-order valence-electron chi connectivity index (χ1n) is 8.27. The Hall–Kier alpha value is -2.43. The molecule has 8 nitrogen and oxygen atoms in total. The molecule has 2 heterocycles. The number of hydrogen-bond donors (Lipinski definition) is 0. The second-order valence-corrected chi connectivity index (χ2v) is 7.50. The van der Waals surface area contributed by atoms with E-state index in [2.05, 4.69) is 9.97 Å². The van der Waals surface area contributed by atoms with Crippen molar-refractivity contribution >= 4 is 34.2 Å². The summed E-state index contributed by atoms with van der Waals surface area (Å²) < 4.78 is 33.4. The molecule has 3 rings (SSSR count). The third kappa shape index (κ3) is 4.03. The number of pyridine rings is 1. The predicted octanol–water partition coefficient (Wildman–Crippen LogP) is 2.94. The third-order valence-electron chi connectivity index (χ3n) is 4.04. The molecular formula is C18H18N3O5S2-. The van der Waals surface area contributed by atoms with Crippen molar-refractivity contribution in [3.63, 3.8) is 0 Å². The van der Waals surface area contributed by atoms with Gasteiger partial charge in [-0.3, -0.25) is 9.36 Å². The molecule has 0 amide bonds. The Kier molecular flexibility index (Phi) is 6.01. The molecule has 1 atom stereocenters. The molecule has 0 radical (unpaired) electrons. The van der Waals surface area contributed by atoms with Gasteiger partial charge in [-0.1, -0.05) is 11.8 Å². The van der Waals surface area contributed by atoms with Crippen molar-refractivity contribution in [1.82, 2.24) is 14.5 Å². The van der Waals surface area contributed by atoms with Crippen LogP contribution in [-0.2, 0) is 11.4 Å². The minimum Gasteiger partial charge on any atom is -0.740 e. The maximum absolute atomic E-state index is 13.2. The van der Waals surface area contributed by atoms with Crippen molar-refractivity contribution < 1.29 is 17.7 Å². The van der Waals surface area contributed by atoms with E-state index in [9.17, 15) is 13.6 Å². The van der Waals surface area contributed by atoms with Gasteiger partial charge in [-0.15, -0.1) is 0 Å². The number of thioether (sulfide) groups is 1. The van der Waals surface area contributed by atoms with Crippen LogP contribution in [0.5, 0.6) is 11.5 Å². The highest BCUT2D eigenvalue weighted by molar-refractivity contribution is 7.98. The summed E-state index contributed by atoms with van der Waals surface area (Å²) >= 11 is -1.35. The van der Waals surface area contributed by atoms with Gasteiger partial charge in [0.1, 0.15) is 28.5 Å². The molecule has 1 unspecified atom stereocenters. The Morgan fingerprint density at radius 1 is 1.21 bits per heavy atom. The highest BCUT2D eigenvalue weighted by Gasteiger charge is 2.17. The fraction of sp³-hybridized carbons (Fsp3) is 0.278. The summed E-state index contributed by atoms with van der Waals surface area (Å²) in [6, 6.07) is 6.09. The maximum atomic E-state index is 13.2. The third-order valence-corrected chi connectivity index (χ3v) is 4.93. The molecule has 28 heavy (non-hydrogen) atoms. The zero-order valence-electron chi connectivity index (χ0n) is 15.7. The Morgan fingerprint density at radius 3 is 2.54 bits per heavy atom. The smallest absolute Gasteiger partial charge is 0.260 e. The fourth-order valence-corrected chi connectivity index (χ4v) is 3.45. The lowest BCUT2D eigenvalue weighted by molar-refractivity contribution is 0.409. The molecule has 3 aromatic rings. The first kappa shape index (κ1) is 20.3. The number of aromatic nitrogens is 3. The number of benzene rings is 1. The number of ether oxygens (including phenoxy) is 1.